The van der Waals surface area contributed by atoms with E-state index >= 15 is 0 Å². The van der Waals surface area contributed by atoms with Gasteiger partial charge in [-0.15, -0.1) is 0 Å². The smallest absolute Gasteiger partial charge is 0.258 e. The Kier molecular flexibility index (Phi) is 2.07. The van der Waals surface area contributed by atoms with Crippen LogP contribution in [0.1, 0.15) is 10.4 Å². The lowest BCUT2D eigenvalue weighted by Crippen LogP contribution is -2.21. The zero-order chi connectivity index (χ0) is 13.9. The molecule has 1 amide bonds. The number of carbonyl (C=O) groups excluding carboxylic acids is 1. The largest absolute Gasteiger partial charge is 0.494 e. The molecule has 2 heterocycles. The van der Waals surface area contributed by atoms with Crippen LogP contribution in [0, 0.1) is 0 Å². The molecular formula is C16H12N2O2. The molecule has 0 aliphatic carbocycles. The molecule has 1 aliphatic heterocycles. The summed E-state index contributed by atoms with van der Waals surface area (Å²) in [5, 5.41) is 2.87. The average Bonchev–Trinajstić information content (AvgIpc) is 2.75. The monoisotopic (exact) mass is 264 g/mol. The summed E-state index contributed by atoms with van der Waals surface area (Å²) in [5.41, 5.74) is 2.36. The van der Waals surface area contributed by atoms with Crippen molar-refractivity contribution in [1.29, 1.82) is 0 Å². The topological polar surface area (TPSA) is 42.4 Å². The van der Waals surface area contributed by atoms with Crippen LogP contribution in [-0.4, -0.2) is 25.0 Å². The Balaban J connectivity index is 2.36. The molecule has 0 fully saturated rings. The normalized spacial score (nSPS) is 13.5. The lowest BCUT2D eigenvalue weighted by atomic mass is 10.0. The molecule has 0 spiro atoms. The van der Waals surface area contributed by atoms with Crippen molar-refractivity contribution in [1.82, 2.24) is 4.98 Å². The molecule has 0 N–H and O–H groups in total. The zero-order valence-corrected chi connectivity index (χ0v) is 11.2. The van der Waals surface area contributed by atoms with E-state index in [-0.39, 0.29) is 5.91 Å². The van der Waals surface area contributed by atoms with E-state index in [2.05, 4.69) is 4.98 Å². The highest BCUT2D eigenvalue weighted by Gasteiger charge is 2.32. The number of pyridine rings is 1. The molecule has 0 radical (unpaired) electrons. The first-order valence-electron chi connectivity index (χ1n) is 6.39. The zero-order valence-electron chi connectivity index (χ0n) is 11.2. The Hall–Kier alpha value is -2.62. The second-order valence-electron chi connectivity index (χ2n) is 4.87. The van der Waals surface area contributed by atoms with Gasteiger partial charge in [0, 0.05) is 29.4 Å². The van der Waals surface area contributed by atoms with Gasteiger partial charge in [0.05, 0.1) is 23.9 Å². The molecule has 3 aromatic rings. The quantitative estimate of drug-likeness (QED) is 0.634. The molecule has 0 saturated heterocycles. The molecule has 4 rings (SSSR count). The summed E-state index contributed by atoms with van der Waals surface area (Å²) in [6, 6.07) is 9.71. The third kappa shape index (κ3) is 1.16. The van der Waals surface area contributed by atoms with Gasteiger partial charge in [0.2, 0.25) is 0 Å². The van der Waals surface area contributed by atoms with Gasteiger partial charge in [0.25, 0.3) is 5.91 Å². The molecule has 0 bridgehead atoms. The molecule has 20 heavy (non-hydrogen) atoms. The molecule has 0 saturated carbocycles. The predicted octanol–water partition coefficient (Wildman–Crippen LogP) is 2.99. The van der Waals surface area contributed by atoms with Gasteiger partial charge >= 0.3 is 0 Å². The first-order valence-corrected chi connectivity index (χ1v) is 6.39. The van der Waals surface area contributed by atoms with Crippen LogP contribution in [0.25, 0.3) is 21.7 Å². The Labute approximate surface area is 115 Å². The first-order chi connectivity index (χ1) is 9.74. The van der Waals surface area contributed by atoms with Gasteiger partial charge in [-0.05, 0) is 6.07 Å². The summed E-state index contributed by atoms with van der Waals surface area (Å²) in [4.78, 5) is 18.5. The van der Waals surface area contributed by atoms with Crippen molar-refractivity contribution in [3.05, 3.63) is 42.1 Å². The van der Waals surface area contributed by atoms with Crippen LogP contribution in [-0.2, 0) is 0 Å². The maximum atomic E-state index is 12.4. The molecule has 0 unspecified atom stereocenters. The summed E-state index contributed by atoms with van der Waals surface area (Å²) < 4.78 is 5.59. The average molecular weight is 264 g/mol. The van der Waals surface area contributed by atoms with Crippen molar-refractivity contribution in [3.8, 4) is 5.75 Å². The van der Waals surface area contributed by atoms with Gasteiger partial charge in [0.15, 0.2) is 5.75 Å². The predicted molar refractivity (Wildman–Crippen MR) is 78.5 cm³/mol. The van der Waals surface area contributed by atoms with Gasteiger partial charge in [-0.3, -0.25) is 9.78 Å². The Morgan fingerprint density at radius 1 is 1.15 bits per heavy atom. The minimum Gasteiger partial charge on any atom is -0.494 e. The third-order valence-electron chi connectivity index (χ3n) is 3.90. The fraction of sp³-hybridized carbons (Fsp3) is 0.125. The minimum atomic E-state index is -0.0130. The van der Waals surface area contributed by atoms with Crippen molar-refractivity contribution in [2.75, 3.05) is 19.1 Å². The number of hydrogen-bond donors (Lipinski definition) is 0. The summed E-state index contributed by atoms with van der Waals surface area (Å²) in [6.45, 7) is 0. The molecule has 4 heteroatoms. The van der Waals surface area contributed by atoms with Crippen LogP contribution in [0.15, 0.2) is 36.5 Å². The van der Waals surface area contributed by atoms with Crippen LogP contribution in [0.2, 0.25) is 0 Å². The number of aromatic nitrogens is 1. The van der Waals surface area contributed by atoms with Gasteiger partial charge < -0.3 is 9.64 Å². The van der Waals surface area contributed by atoms with E-state index in [1.807, 2.05) is 24.3 Å². The fourth-order valence-corrected chi connectivity index (χ4v) is 3.02. The Bertz CT molecular complexity index is 886. The van der Waals surface area contributed by atoms with Crippen molar-refractivity contribution in [2.24, 2.45) is 0 Å². The van der Waals surface area contributed by atoms with Crippen LogP contribution in [0.5, 0.6) is 5.75 Å². The molecular weight excluding hydrogens is 252 g/mol. The number of nitrogens with zero attached hydrogens (tertiary/aromatic N) is 2. The van der Waals surface area contributed by atoms with E-state index in [0.29, 0.717) is 5.56 Å². The highest BCUT2D eigenvalue weighted by Crippen LogP contribution is 2.47. The van der Waals surface area contributed by atoms with Gasteiger partial charge in [-0.1, -0.05) is 24.3 Å². The van der Waals surface area contributed by atoms with Crippen molar-refractivity contribution < 1.29 is 9.53 Å². The van der Waals surface area contributed by atoms with E-state index in [0.717, 1.165) is 33.1 Å². The number of ether oxygens (including phenoxy) is 1. The number of methoxy groups -OCH3 is 1. The molecule has 1 aromatic heterocycles. The number of fused-ring (bicyclic) bond motifs is 2. The van der Waals surface area contributed by atoms with Gasteiger partial charge in [-0.25, -0.2) is 0 Å². The highest BCUT2D eigenvalue weighted by atomic mass is 16.5. The van der Waals surface area contributed by atoms with Crippen LogP contribution < -0.4 is 9.64 Å². The summed E-state index contributed by atoms with van der Waals surface area (Å²) in [5.74, 6) is 0.719. The number of carbonyl (C=O) groups is 1. The molecule has 1 aliphatic rings. The van der Waals surface area contributed by atoms with Crippen LogP contribution in [0.4, 0.5) is 5.69 Å². The second kappa shape index (κ2) is 3.70. The first kappa shape index (κ1) is 11.2. The third-order valence-corrected chi connectivity index (χ3v) is 3.90. The van der Waals surface area contributed by atoms with Crippen molar-refractivity contribution in [2.45, 2.75) is 0 Å². The van der Waals surface area contributed by atoms with E-state index in [9.17, 15) is 4.79 Å². The number of amides is 1. The number of hydrogen-bond acceptors (Lipinski definition) is 3. The SMILES string of the molecule is COc1c2c3c(ccnc3c3ccccc13)C(=O)N2C. The molecule has 2 aromatic carbocycles. The summed E-state index contributed by atoms with van der Waals surface area (Å²) in [6.07, 6.45) is 1.69. The summed E-state index contributed by atoms with van der Waals surface area (Å²) in [7, 11) is 3.41. The fourth-order valence-electron chi connectivity index (χ4n) is 3.02. The maximum Gasteiger partial charge on any atom is 0.258 e. The van der Waals surface area contributed by atoms with Crippen LogP contribution in [0.3, 0.4) is 0 Å². The van der Waals surface area contributed by atoms with Crippen LogP contribution >= 0.6 is 0 Å². The van der Waals surface area contributed by atoms with E-state index < -0.39 is 0 Å². The highest BCUT2D eigenvalue weighted by molar-refractivity contribution is 6.30. The standard InChI is InChI=1S/C16H12N2O2/c1-18-14-12-11(16(18)19)7-8-17-13(12)9-5-3-4-6-10(9)15(14)20-2/h3-8H,1-2H3. The van der Waals surface area contributed by atoms with Gasteiger partial charge in [-0.2, -0.15) is 0 Å². The Morgan fingerprint density at radius 3 is 2.65 bits per heavy atom. The summed E-state index contributed by atoms with van der Waals surface area (Å²) >= 11 is 0. The van der Waals surface area contributed by atoms with Crippen molar-refractivity contribution in [3.63, 3.8) is 0 Å². The number of benzene rings is 2. The van der Waals surface area contributed by atoms with E-state index in [1.165, 1.54) is 0 Å². The molecule has 0 atom stereocenters. The number of rotatable bonds is 1. The van der Waals surface area contributed by atoms with Crippen molar-refractivity contribution >= 4 is 33.3 Å². The maximum absolute atomic E-state index is 12.4. The minimum absolute atomic E-state index is 0.0130. The second-order valence-corrected chi connectivity index (χ2v) is 4.87. The lowest BCUT2D eigenvalue weighted by molar-refractivity contribution is 0.0998. The van der Waals surface area contributed by atoms with E-state index in [1.54, 1.807) is 31.3 Å². The molecule has 98 valence electrons. The van der Waals surface area contributed by atoms with Gasteiger partial charge in [0.1, 0.15) is 0 Å². The molecule has 4 nitrogen and oxygen atoms in total. The number of anilines is 1. The lowest BCUT2D eigenvalue weighted by Gasteiger charge is -2.16. The Morgan fingerprint density at radius 2 is 1.90 bits per heavy atom. The van der Waals surface area contributed by atoms with E-state index in [4.69, 9.17) is 4.74 Å².